The molecule has 1 unspecified atom stereocenters. The molecule has 3 amide bonds. The van der Waals surface area contributed by atoms with Gasteiger partial charge in [0, 0.05) is 36.9 Å². The molecule has 6 heteroatoms. The van der Waals surface area contributed by atoms with E-state index in [1.165, 1.54) is 12.8 Å². The second kappa shape index (κ2) is 10.7. The summed E-state index contributed by atoms with van der Waals surface area (Å²) >= 11 is 0. The van der Waals surface area contributed by atoms with E-state index in [-0.39, 0.29) is 18.2 Å². The lowest BCUT2D eigenvalue weighted by Gasteiger charge is -2.29. The number of piperidine rings is 1. The maximum atomic E-state index is 12.7. The van der Waals surface area contributed by atoms with Gasteiger partial charge >= 0.3 is 0 Å². The number of rotatable bonds is 9. The summed E-state index contributed by atoms with van der Waals surface area (Å²) in [5.41, 5.74) is 2.37. The van der Waals surface area contributed by atoms with Crippen molar-refractivity contribution in [1.82, 2.24) is 10.2 Å². The molecule has 1 atom stereocenters. The van der Waals surface area contributed by atoms with Gasteiger partial charge in [-0.15, -0.1) is 0 Å². The number of nitrogens with zero attached hydrogens (tertiary/aromatic N) is 1. The Kier molecular flexibility index (Phi) is 7.78. The molecule has 2 heterocycles. The van der Waals surface area contributed by atoms with E-state index in [4.69, 9.17) is 0 Å². The van der Waals surface area contributed by atoms with Crippen LogP contribution in [0.2, 0.25) is 0 Å². The minimum atomic E-state index is -0.587. The molecule has 3 rings (SSSR count). The number of imide groups is 1. The van der Waals surface area contributed by atoms with Gasteiger partial charge in [-0.25, -0.2) is 0 Å². The number of carbonyl (C=O) groups is 4. The fraction of sp³-hybridized carbons (Fsp3) is 0.500. The largest absolute Gasteiger partial charge is 0.322 e. The molecule has 1 fully saturated rings. The SMILES string of the molecule is O=CCCCCCCCCC#Cc1ccc2c(c1)CN(C1CCC(=O)NC1=O)C2=O. The molecule has 6 nitrogen and oxygen atoms in total. The Morgan fingerprint density at radius 2 is 1.83 bits per heavy atom. The van der Waals surface area contributed by atoms with Gasteiger partial charge in [0.1, 0.15) is 12.3 Å². The first-order valence-corrected chi connectivity index (χ1v) is 10.8. The molecule has 0 saturated carbocycles. The van der Waals surface area contributed by atoms with E-state index in [2.05, 4.69) is 17.2 Å². The molecular weight excluding hydrogens is 380 g/mol. The van der Waals surface area contributed by atoms with Crippen molar-refractivity contribution in [3.05, 3.63) is 34.9 Å². The van der Waals surface area contributed by atoms with Gasteiger partial charge in [0.2, 0.25) is 11.8 Å². The number of aldehydes is 1. The topological polar surface area (TPSA) is 83.6 Å². The molecule has 0 radical (unpaired) electrons. The Hall–Kier alpha value is -2.94. The summed E-state index contributed by atoms with van der Waals surface area (Å²) in [7, 11) is 0. The molecule has 0 spiro atoms. The third-order valence-corrected chi connectivity index (χ3v) is 5.63. The molecule has 158 valence electrons. The average Bonchev–Trinajstić information content (AvgIpc) is 3.05. The molecule has 1 aromatic rings. The fourth-order valence-electron chi connectivity index (χ4n) is 3.96. The van der Waals surface area contributed by atoms with E-state index in [1.807, 2.05) is 12.1 Å². The minimum absolute atomic E-state index is 0.160. The van der Waals surface area contributed by atoms with Gasteiger partial charge in [0.05, 0.1) is 0 Å². The zero-order chi connectivity index (χ0) is 21.3. The van der Waals surface area contributed by atoms with Gasteiger partial charge in [-0.3, -0.25) is 19.7 Å². The highest BCUT2D eigenvalue weighted by molar-refractivity contribution is 6.05. The third kappa shape index (κ3) is 5.56. The number of benzene rings is 1. The molecule has 1 saturated heterocycles. The number of fused-ring (bicyclic) bond motifs is 1. The monoisotopic (exact) mass is 408 g/mol. The summed E-state index contributed by atoms with van der Waals surface area (Å²) in [6.07, 6.45) is 9.79. The van der Waals surface area contributed by atoms with Crippen molar-refractivity contribution in [2.24, 2.45) is 0 Å². The second-order valence-electron chi connectivity index (χ2n) is 7.90. The Bertz CT molecular complexity index is 881. The molecule has 30 heavy (non-hydrogen) atoms. The smallest absolute Gasteiger partial charge is 0.255 e. The van der Waals surface area contributed by atoms with Crippen LogP contribution in [0.4, 0.5) is 0 Å². The fourth-order valence-corrected chi connectivity index (χ4v) is 3.96. The predicted octanol–water partition coefficient (Wildman–Crippen LogP) is 3.12. The molecule has 0 aliphatic carbocycles. The third-order valence-electron chi connectivity index (χ3n) is 5.63. The summed E-state index contributed by atoms with van der Waals surface area (Å²) in [6, 6.07) is 4.98. The summed E-state index contributed by atoms with van der Waals surface area (Å²) in [4.78, 5) is 48.0. The van der Waals surface area contributed by atoms with Gasteiger partial charge < -0.3 is 9.69 Å². The Balaban J connectivity index is 1.47. The molecule has 2 aliphatic rings. The first-order chi connectivity index (χ1) is 14.6. The lowest BCUT2D eigenvalue weighted by Crippen LogP contribution is -2.52. The molecule has 1 aromatic carbocycles. The lowest BCUT2D eigenvalue weighted by molar-refractivity contribution is -0.136. The summed E-state index contributed by atoms with van der Waals surface area (Å²) in [5.74, 6) is 5.55. The van der Waals surface area contributed by atoms with E-state index < -0.39 is 11.9 Å². The van der Waals surface area contributed by atoms with Crippen molar-refractivity contribution in [1.29, 1.82) is 0 Å². The van der Waals surface area contributed by atoms with Crippen LogP contribution in [0.3, 0.4) is 0 Å². The van der Waals surface area contributed by atoms with Gasteiger partial charge in [-0.2, -0.15) is 0 Å². The van der Waals surface area contributed by atoms with E-state index >= 15 is 0 Å². The van der Waals surface area contributed by atoms with Crippen LogP contribution in [0.5, 0.6) is 0 Å². The Labute approximate surface area is 177 Å². The predicted molar refractivity (Wildman–Crippen MR) is 112 cm³/mol. The first kappa shape index (κ1) is 21.8. The average molecular weight is 408 g/mol. The van der Waals surface area contributed by atoms with Crippen LogP contribution in [-0.4, -0.2) is 34.9 Å². The van der Waals surface area contributed by atoms with Crippen LogP contribution in [0, 0.1) is 11.8 Å². The van der Waals surface area contributed by atoms with Crippen molar-refractivity contribution in [3.63, 3.8) is 0 Å². The van der Waals surface area contributed by atoms with Crippen molar-refractivity contribution < 1.29 is 19.2 Å². The van der Waals surface area contributed by atoms with Gasteiger partial charge in [0.25, 0.3) is 5.91 Å². The van der Waals surface area contributed by atoms with Crippen molar-refractivity contribution in [2.45, 2.75) is 76.8 Å². The summed E-state index contributed by atoms with van der Waals surface area (Å²) in [6.45, 7) is 0.375. The zero-order valence-corrected chi connectivity index (χ0v) is 17.2. The van der Waals surface area contributed by atoms with E-state index in [9.17, 15) is 19.2 Å². The highest BCUT2D eigenvalue weighted by atomic mass is 16.2. The van der Waals surface area contributed by atoms with Crippen LogP contribution in [-0.2, 0) is 20.9 Å². The second-order valence-corrected chi connectivity index (χ2v) is 7.90. The standard InChI is InChI=1S/C24H28N2O4/c27-15-9-7-5-3-1-2-4-6-8-10-18-11-12-20-19(16-18)17-26(24(20)30)21-13-14-22(28)25-23(21)29/h11-12,15-16,21H,1-7,9,13-14,17H2,(H,25,28,29). The zero-order valence-electron chi connectivity index (χ0n) is 17.2. The maximum Gasteiger partial charge on any atom is 0.255 e. The quantitative estimate of drug-likeness (QED) is 0.295. The van der Waals surface area contributed by atoms with E-state index in [0.29, 0.717) is 24.9 Å². The summed E-state index contributed by atoms with van der Waals surface area (Å²) in [5, 5.41) is 2.32. The minimum Gasteiger partial charge on any atom is -0.322 e. The van der Waals surface area contributed by atoms with Gasteiger partial charge in [-0.1, -0.05) is 37.5 Å². The number of hydrogen-bond acceptors (Lipinski definition) is 4. The highest BCUT2D eigenvalue weighted by Crippen LogP contribution is 2.28. The van der Waals surface area contributed by atoms with Crippen LogP contribution >= 0.6 is 0 Å². The maximum absolute atomic E-state index is 12.7. The molecule has 1 N–H and O–H groups in total. The number of hydrogen-bond donors (Lipinski definition) is 1. The van der Waals surface area contributed by atoms with Crippen LogP contribution in [0.1, 0.15) is 85.7 Å². The summed E-state index contributed by atoms with van der Waals surface area (Å²) < 4.78 is 0. The van der Waals surface area contributed by atoms with Gasteiger partial charge in [-0.05, 0) is 43.0 Å². The van der Waals surface area contributed by atoms with Crippen molar-refractivity contribution >= 4 is 24.0 Å². The van der Waals surface area contributed by atoms with Gasteiger partial charge in [0.15, 0.2) is 0 Å². The number of amides is 3. The van der Waals surface area contributed by atoms with Crippen molar-refractivity contribution in [3.8, 4) is 11.8 Å². The molecular formula is C24H28N2O4. The molecule has 0 aromatic heterocycles. The van der Waals surface area contributed by atoms with Crippen LogP contribution < -0.4 is 5.32 Å². The number of unbranched alkanes of at least 4 members (excludes halogenated alkanes) is 7. The number of carbonyl (C=O) groups excluding carboxylic acids is 4. The van der Waals surface area contributed by atoms with Crippen LogP contribution in [0.15, 0.2) is 18.2 Å². The molecule has 2 aliphatic heterocycles. The molecule has 0 bridgehead atoms. The van der Waals surface area contributed by atoms with E-state index in [0.717, 1.165) is 49.5 Å². The normalized spacial score (nSPS) is 17.9. The Morgan fingerprint density at radius 3 is 2.60 bits per heavy atom. The number of nitrogens with one attached hydrogen (secondary N) is 1. The lowest BCUT2D eigenvalue weighted by atomic mass is 10.0. The van der Waals surface area contributed by atoms with E-state index in [1.54, 1.807) is 11.0 Å². The van der Waals surface area contributed by atoms with Crippen LogP contribution in [0.25, 0.3) is 0 Å². The highest BCUT2D eigenvalue weighted by Gasteiger charge is 2.38. The Morgan fingerprint density at radius 1 is 1.07 bits per heavy atom. The van der Waals surface area contributed by atoms with Crippen molar-refractivity contribution in [2.75, 3.05) is 0 Å². The first-order valence-electron chi connectivity index (χ1n) is 10.8.